The van der Waals surface area contributed by atoms with E-state index in [4.69, 9.17) is 5.26 Å². The lowest BCUT2D eigenvalue weighted by atomic mass is 10.2. The third kappa shape index (κ3) is 2.95. The molecule has 1 aromatic carbocycles. The minimum absolute atomic E-state index is 0.000492. The Hall–Kier alpha value is -2.61. The predicted molar refractivity (Wildman–Crippen MR) is 80.6 cm³/mol. The second-order valence-corrected chi connectivity index (χ2v) is 5.21. The largest absolute Gasteiger partial charge is 0.346 e. The highest BCUT2D eigenvalue weighted by Gasteiger charge is 2.29. The highest BCUT2D eigenvalue weighted by molar-refractivity contribution is 5.99. The van der Waals surface area contributed by atoms with Gasteiger partial charge in [0.25, 0.3) is 0 Å². The molecule has 0 unspecified atom stereocenters. The molecule has 0 radical (unpaired) electrons. The Morgan fingerprint density at radius 3 is 3.05 bits per heavy atom. The van der Waals surface area contributed by atoms with Crippen molar-refractivity contribution >= 4 is 23.0 Å². The molecule has 1 aliphatic rings. The van der Waals surface area contributed by atoms with Crippen LogP contribution < -0.4 is 5.43 Å². The van der Waals surface area contributed by atoms with Crippen LogP contribution in [0.4, 0.5) is 0 Å². The summed E-state index contributed by atoms with van der Waals surface area (Å²) in [5.41, 5.74) is 4.60. The quantitative estimate of drug-likeness (QED) is 0.675. The topological polar surface area (TPSA) is 70.2 Å². The van der Waals surface area contributed by atoms with E-state index in [1.807, 2.05) is 35.0 Å². The van der Waals surface area contributed by atoms with E-state index >= 15 is 0 Å². The number of nitrogens with one attached hydrogen (secondary N) is 1. The summed E-state index contributed by atoms with van der Waals surface area (Å²) < 4.78 is 2.04. The van der Waals surface area contributed by atoms with E-state index < -0.39 is 0 Å². The number of hydrazone groups is 1. The van der Waals surface area contributed by atoms with E-state index in [1.54, 1.807) is 6.21 Å². The van der Waals surface area contributed by atoms with Crippen molar-refractivity contribution in [2.24, 2.45) is 11.0 Å². The minimum Gasteiger partial charge on any atom is -0.346 e. The number of hydrogen-bond acceptors (Lipinski definition) is 3. The Morgan fingerprint density at radius 1 is 1.48 bits per heavy atom. The van der Waals surface area contributed by atoms with Crippen molar-refractivity contribution in [2.75, 3.05) is 0 Å². The first-order chi connectivity index (χ1) is 10.3. The summed E-state index contributed by atoms with van der Waals surface area (Å²) in [6, 6.07) is 10.1. The van der Waals surface area contributed by atoms with Crippen LogP contribution >= 0.6 is 0 Å². The van der Waals surface area contributed by atoms with Gasteiger partial charge in [0.05, 0.1) is 18.7 Å². The van der Waals surface area contributed by atoms with Crippen LogP contribution in [0.25, 0.3) is 10.9 Å². The molecule has 0 bridgehead atoms. The standard InChI is InChI=1S/C16H16N4O/c17-8-3-9-20-11-13(14-4-1-2-5-15(14)20)10-18-19-16(21)12-6-7-12/h1-2,4-5,10-12H,3,6-7,9H2,(H,19,21)/b18-10-. The number of aryl methyl sites for hydroxylation is 1. The zero-order valence-electron chi connectivity index (χ0n) is 11.6. The van der Waals surface area contributed by atoms with Gasteiger partial charge >= 0.3 is 0 Å². The molecule has 1 N–H and O–H groups in total. The molecule has 5 nitrogen and oxygen atoms in total. The number of hydrogen-bond donors (Lipinski definition) is 1. The normalized spacial score (nSPS) is 14.4. The first-order valence-electron chi connectivity index (χ1n) is 7.07. The molecule has 1 aromatic heterocycles. The lowest BCUT2D eigenvalue weighted by Gasteiger charge is -2.00. The summed E-state index contributed by atoms with van der Waals surface area (Å²) >= 11 is 0. The molecule has 106 valence electrons. The van der Waals surface area contributed by atoms with Crippen LogP contribution in [0, 0.1) is 17.2 Å². The monoisotopic (exact) mass is 280 g/mol. The van der Waals surface area contributed by atoms with Gasteiger partial charge in [-0.2, -0.15) is 10.4 Å². The molecule has 0 spiro atoms. The van der Waals surface area contributed by atoms with E-state index in [2.05, 4.69) is 16.6 Å². The van der Waals surface area contributed by atoms with Crippen molar-refractivity contribution in [1.82, 2.24) is 9.99 Å². The number of carbonyl (C=O) groups excluding carboxylic acids is 1. The van der Waals surface area contributed by atoms with Gasteiger partial charge in [-0.15, -0.1) is 0 Å². The van der Waals surface area contributed by atoms with Gasteiger partial charge in [0.15, 0.2) is 0 Å². The molecular weight excluding hydrogens is 264 g/mol. The maximum Gasteiger partial charge on any atom is 0.243 e. The van der Waals surface area contributed by atoms with Crippen molar-refractivity contribution in [3.63, 3.8) is 0 Å². The molecule has 0 saturated heterocycles. The average Bonchev–Trinajstić information content (AvgIpc) is 3.30. The lowest BCUT2D eigenvalue weighted by Crippen LogP contribution is -2.18. The van der Waals surface area contributed by atoms with E-state index in [0.717, 1.165) is 29.3 Å². The van der Waals surface area contributed by atoms with E-state index in [1.165, 1.54) is 0 Å². The predicted octanol–water partition coefficient (Wildman–Crippen LogP) is 2.42. The van der Waals surface area contributed by atoms with Gasteiger partial charge in [-0.3, -0.25) is 4.79 Å². The van der Waals surface area contributed by atoms with Crippen molar-refractivity contribution in [2.45, 2.75) is 25.8 Å². The molecule has 0 aliphatic heterocycles. The molecule has 5 heteroatoms. The first-order valence-corrected chi connectivity index (χ1v) is 7.07. The molecule has 0 atom stereocenters. The van der Waals surface area contributed by atoms with Crippen LogP contribution in [0.15, 0.2) is 35.6 Å². The van der Waals surface area contributed by atoms with Gasteiger partial charge in [-0.05, 0) is 18.9 Å². The molecule has 21 heavy (non-hydrogen) atoms. The van der Waals surface area contributed by atoms with Gasteiger partial charge in [0.2, 0.25) is 5.91 Å². The summed E-state index contributed by atoms with van der Waals surface area (Å²) in [5, 5.41) is 13.8. The first kappa shape index (κ1) is 13.4. The highest BCUT2D eigenvalue weighted by atomic mass is 16.2. The SMILES string of the molecule is N#CCCn1cc(/C=N\NC(=O)C2CC2)c2ccccc21. The maximum atomic E-state index is 11.5. The fourth-order valence-electron chi connectivity index (χ4n) is 2.34. The molecule has 1 fully saturated rings. The zero-order chi connectivity index (χ0) is 14.7. The van der Waals surface area contributed by atoms with E-state index in [0.29, 0.717) is 13.0 Å². The number of nitrogens with zero attached hydrogens (tertiary/aromatic N) is 3. The molecule has 1 heterocycles. The van der Waals surface area contributed by atoms with Crippen LogP contribution in [0.3, 0.4) is 0 Å². The van der Waals surface area contributed by atoms with Crippen molar-refractivity contribution in [3.05, 3.63) is 36.0 Å². The molecule has 2 aromatic rings. The fourth-order valence-corrected chi connectivity index (χ4v) is 2.34. The van der Waals surface area contributed by atoms with E-state index in [-0.39, 0.29) is 11.8 Å². The number of amides is 1. The number of para-hydroxylation sites is 1. The van der Waals surface area contributed by atoms with Crippen LogP contribution in [0.2, 0.25) is 0 Å². The summed E-state index contributed by atoms with van der Waals surface area (Å²) in [6.07, 6.45) is 6.04. The smallest absolute Gasteiger partial charge is 0.243 e. The molecule has 1 saturated carbocycles. The van der Waals surface area contributed by atoms with Crippen molar-refractivity contribution in [3.8, 4) is 6.07 Å². The van der Waals surface area contributed by atoms with Gasteiger partial charge in [0, 0.05) is 35.1 Å². The maximum absolute atomic E-state index is 11.5. The van der Waals surface area contributed by atoms with Crippen LogP contribution in [0.1, 0.15) is 24.8 Å². The molecule has 1 aliphatic carbocycles. The third-order valence-electron chi connectivity index (χ3n) is 3.61. The Labute approximate surface area is 122 Å². The van der Waals surface area contributed by atoms with E-state index in [9.17, 15) is 4.79 Å². The Kier molecular flexibility index (Phi) is 3.69. The number of rotatable bonds is 5. The Balaban J connectivity index is 1.82. The number of benzene rings is 1. The molecule has 1 amide bonds. The number of nitriles is 1. The van der Waals surface area contributed by atoms with Crippen LogP contribution in [0.5, 0.6) is 0 Å². The summed E-state index contributed by atoms with van der Waals surface area (Å²) in [4.78, 5) is 11.5. The van der Waals surface area contributed by atoms with Gasteiger partial charge in [-0.1, -0.05) is 18.2 Å². The van der Waals surface area contributed by atoms with Gasteiger partial charge in [-0.25, -0.2) is 5.43 Å². The van der Waals surface area contributed by atoms with Crippen molar-refractivity contribution < 1.29 is 4.79 Å². The van der Waals surface area contributed by atoms with Crippen LogP contribution in [-0.4, -0.2) is 16.7 Å². The summed E-state index contributed by atoms with van der Waals surface area (Å²) in [7, 11) is 0. The number of aromatic nitrogens is 1. The Morgan fingerprint density at radius 2 is 2.29 bits per heavy atom. The minimum atomic E-state index is -0.000492. The summed E-state index contributed by atoms with van der Waals surface area (Å²) in [5.74, 6) is 0.151. The lowest BCUT2D eigenvalue weighted by molar-refractivity contribution is -0.122. The van der Waals surface area contributed by atoms with Crippen LogP contribution in [-0.2, 0) is 11.3 Å². The zero-order valence-corrected chi connectivity index (χ0v) is 11.6. The second kappa shape index (κ2) is 5.80. The van der Waals surface area contributed by atoms with Crippen molar-refractivity contribution in [1.29, 1.82) is 5.26 Å². The number of carbonyl (C=O) groups is 1. The summed E-state index contributed by atoms with van der Waals surface area (Å²) in [6.45, 7) is 0.652. The third-order valence-corrected chi connectivity index (χ3v) is 3.61. The van der Waals surface area contributed by atoms with Gasteiger partial charge in [0.1, 0.15) is 0 Å². The number of fused-ring (bicyclic) bond motifs is 1. The fraction of sp³-hybridized carbons (Fsp3) is 0.312. The van der Waals surface area contributed by atoms with Gasteiger partial charge < -0.3 is 4.57 Å². The Bertz CT molecular complexity index is 734. The average molecular weight is 280 g/mol. The second-order valence-electron chi connectivity index (χ2n) is 5.21. The highest BCUT2D eigenvalue weighted by Crippen LogP contribution is 2.28. The molecular formula is C16H16N4O. The molecule has 3 rings (SSSR count).